The van der Waals surface area contributed by atoms with Crippen molar-refractivity contribution in [1.29, 1.82) is 0 Å². The lowest BCUT2D eigenvalue weighted by molar-refractivity contribution is -0.155. The van der Waals surface area contributed by atoms with Gasteiger partial charge in [-0.1, -0.05) is 44.2 Å². The lowest BCUT2D eigenvalue weighted by atomic mass is 9.66. The van der Waals surface area contributed by atoms with Gasteiger partial charge < -0.3 is 19.6 Å². The Morgan fingerprint density at radius 2 is 1.97 bits per heavy atom. The second-order valence-electron chi connectivity index (χ2n) is 11.1. The van der Waals surface area contributed by atoms with Crippen molar-refractivity contribution in [1.82, 2.24) is 4.90 Å². The number of ether oxygens (including phenoxy) is 1. The van der Waals surface area contributed by atoms with Crippen LogP contribution >= 0.6 is 11.8 Å². The molecule has 1 aromatic rings. The molecular weight excluding hydrogens is 512 g/mol. The average Bonchev–Trinajstić information content (AvgIpc) is 3.50. The Hall–Kier alpha value is -2.58. The van der Waals surface area contributed by atoms with Crippen LogP contribution in [0.2, 0.25) is 0 Å². The number of carbonyl (C=O) groups excluding carboxylic acids is 3. The van der Waals surface area contributed by atoms with Crippen LogP contribution in [-0.4, -0.2) is 69.6 Å². The second-order valence-corrected chi connectivity index (χ2v) is 12.7. The minimum Gasteiger partial charge on any atom is -0.465 e. The van der Waals surface area contributed by atoms with Gasteiger partial charge in [0.15, 0.2) is 0 Å². The van der Waals surface area contributed by atoms with E-state index in [1.165, 1.54) is 0 Å². The van der Waals surface area contributed by atoms with Crippen LogP contribution in [0.5, 0.6) is 0 Å². The topological polar surface area (TPSA) is 87.1 Å². The number of likely N-dealkylation sites (tertiary alicyclic amines) is 1. The van der Waals surface area contributed by atoms with Crippen molar-refractivity contribution in [3.63, 3.8) is 0 Å². The van der Waals surface area contributed by atoms with Gasteiger partial charge in [0.25, 0.3) is 5.91 Å². The van der Waals surface area contributed by atoms with Crippen molar-refractivity contribution in [2.24, 2.45) is 17.8 Å². The molecule has 1 N–H and O–H groups in total. The summed E-state index contributed by atoms with van der Waals surface area (Å²) in [6, 6.07) is 4.58. The van der Waals surface area contributed by atoms with Gasteiger partial charge in [-0.05, 0) is 56.6 Å². The van der Waals surface area contributed by atoms with E-state index in [9.17, 15) is 19.5 Å². The van der Waals surface area contributed by atoms with Crippen molar-refractivity contribution in [2.45, 2.75) is 75.5 Å². The van der Waals surface area contributed by atoms with Gasteiger partial charge in [0, 0.05) is 17.5 Å². The van der Waals surface area contributed by atoms with Gasteiger partial charge in [-0.15, -0.1) is 24.9 Å². The Morgan fingerprint density at radius 1 is 1.28 bits per heavy atom. The maximum Gasteiger partial charge on any atom is 0.310 e. The molecule has 3 aliphatic rings. The highest BCUT2D eigenvalue weighted by Gasteiger charge is 2.77. The number of amides is 2. The van der Waals surface area contributed by atoms with Crippen molar-refractivity contribution >= 4 is 35.2 Å². The number of aryl methyl sites for hydroxylation is 2. The van der Waals surface area contributed by atoms with Crippen LogP contribution in [0.15, 0.2) is 43.5 Å². The van der Waals surface area contributed by atoms with E-state index in [-0.39, 0.29) is 48.7 Å². The number of carbonyl (C=O) groups is 3. The van der Waals surface area contributed by atoms with Gasteiger partial charge in [0.2, 0.25) is 5.91 Å². The molecule has 3 unspecified atom stereocenters. The van der Waals surface area contributed by atoms with E-state index >= 15 is 0 Å². The number of anilines is 1. The van der Waals surface area contributed by atoms with Crippen LogP contribution in [0.1, 0.15) is 50.7 Å². The molecule has 3 heterocycles. The largest absolute Gasteiger partial charge is 0.465 e. The van der Waals surface area contributed by atoms with E-state index in [1.807, 2.05) is 39.0 Å². The summed E-state index contributed by atoms with van der Waals surface area (Å²) in [5.41, 5.74) is 2.73. The second kappa shape index (κ2) is 11.9. The van der Waals surface area contributed by atoms with Gasteiger partial charge in [-0.25, -0.2) is 0 Å². The third kappa shape index (κ3) is 4.73. The SMILES string of the molecule is C=CCCCOC(=O)[C@@H]1[C@H]2C(=O)N([C@@H](CC)CO)C(C(=O)N(CC=C)c3c(C)cccc3C)C23S[C@@H]1CC3C. The summed E-state index contributed by atoms with van der Waals surface area (Å²) in [7, 11) is 0. The summed E-state index contributed by atoms with van der Waals surface area (Å²) in [5, 5.41) is 10.3. The third-order valence-corrected chi connectivity index (χ3v) is 10.9. The molecule has 8 heteroatoms. The molecule has 0 aliphatic carbocycles. The number of aliphatic hydroxyl groups excluding tert-OH is 1. The first kappa shape index (κ1) is 29.4. The van der Waals surface area contributed by atoms with Crippen molar-refractivity contribution in [3.05, 3.63) is 54.6 Å². The van der Waals surface area contributed by atoms with Crippen LogP contribution < -0.4 is 4.90 Å². The average molecular weight is 555 g/mol. The summed E-state index contributed by atoms with van der Waals surface area (Å²) in [4.78, 5) is 45.9. The van der Waals surface area contributed by atoms with Crippen molar-refractivity contribution < 1.29 is 24.2 Å². The lowest BCUT2D eigenvalue weighted by Gasteiger charge is -2.42. The summed E-state index contributed by atoms with van der Waals surface area (Å²) in [5.74, 6) is -2.00. The zero-order valence-corrected chi connectivity index (χ0v) is 24.4. The van der Waals surface area contributed by atoms with Crippen LogP contribution in [0.3, 0.4) is 0 Å². The Kier molecular flexibility index (Phi) is 8.96. The molecule has 2 amide bonds. The van der Waals surface area contributed by atoms with Gasteiger partial charge in [0.05, 0.1) is 35.8 Å². The number of allylic oxidation sites excluding steroid dienone is 1. The van der Waals surface area contributed by atoms with E-state index in [4.69, 9.17) is 4.74 Å². The van der Waals surface area contributed by atoms with Crippen LogP contribution in [-0.2, 0) is 19.1 Å². The monoisotopic (exact) mass is 554 g/mol. The summed E-state index contributed by atoms with van der Waals surface area (Å²) < 4.78 is 4.90. The predicted octanol–water partition coefficient (Wildman–Crippen LogP) is 4.44. The molecule has 0 radical (unpaired) electrons. The number of rotatable bonds is 12. The van der Waals surface area contributed by atoms with E-state index in [1.54, 1.807) is 33.7 Å². The first-order valence-corrected chi connectivity index (χ1v) is 14.9. The number of hydrogen-bond donors (Lipinski definition) is 1. The normalized spacial score (nSPS) is 29.7. The van der Waals surface area contributed by atoms with Gasteiger partial charge in [-0.2, -0.15) is 0 Å². The number of esters is 1. The molecule has 0 aromatic heterocycles. The summed E-state index contributed by atoms with van der Waals surface area (Å²) >= 11 is 1.62. The number of thioether (sulfide) groups is 1. The molecule has 3 saturated heterocycles. The number of para-hydroxylation sites is 1. The zero-order chi connectivity index (χ0) is 28.5. The Balaban J connectivity index is 1.80. The maximum absolute atomic E-state index is 14.8. The molecule has 7 atom stereocenters. The fraction of sp³-hybridized carbons (Fsp3) is 0.581. The molecule has 4 rings (SSSR count). The minimum atomic E-state index is -0.811. The van der Waals surface area contributed by atoms with E-state index in [0.717, 1.165) is 29.7 Å². The molecule has 39 heavy (non-hydrogen) atoms. The van der Waals surface area contributed by atoms with Gasteiger partial charge in [-0.3, -0.25) is 14.4 Å². The molecule has 1 aromatic carbocycles. The highest BCUT2D eigenvalue weighted by Crippen LogP contribution is 2.69. The van der Waals surface area contributed by atoms with Gasteiger partial charge in [0.1, 0.15) is 6.04 Å². The lowest BCUT2D eigenvalue weighted by Crippen LogP contribution is -2.59. The molecule has 2 bridgehead atoms. The van der Waals surface area contributed by atoms with E-state index in [0.29, 0.717) is 12.8 Å². The standard InChI is InChI=1S/C31H42N2O5S/c1-7-10-11-16-38-30(37)24-23-17-21(6)31(39-23)25(24)28(35)33(22(9-3)18-34)27(31)29(36)32(15-8-2)26-19(4)13-12-14-20(26)5/h7-8,12-14,21-25,27,34H,1-2,9-11,15-18H2,3-6H3/t21?,22-,23+,24-,25-,27?,31?/m0/s1. The van der Waals surface area contributed by atoms with Gasteiger partial charge >= 0.3 is 5.97 Å². The summed E-state index contributed by atoms with van der Waals surface area (Å²) in [6.45, 7) is 15.9. The quantitative estimate of drug-likeness (QED) is 0.234. The molecule has 212 valence electrons. The van der Waals surface area contributed by atoms with Crippen LogP contribution in [0, 0.1) is 31.6 Å². The molecule has 0 saturated carbocycles. The highest BCUT2D eigenvalue weighted by molar-refractivity contribution is 8.02. The molecular formula is C31H42N2O5S. The van der Waals surface area contributed by atoms with Crippen LogP contribution in [0.25, 0.3) is 0 Å². The Bertz CT molecular complexity index is 1110. The number of hydrogen-bond acceptors (Lipinski definition) is 6. The molecule has 7 nitrogen and oxygen atoms in total. The summed E-state index contributed by atoms with van der Waals surface area (Å²) in [6.07, 6.45) is 6.16. The Labute approximate surface area is 236 Å². The number of unbranched alkanes of at least 4 members (excludes halogenated alkanes) is 1. The zero-order valence-electron chi connectivity index (χ0n) is 23.6. The third-order valence-electron chi connectivity index (χ3n) is 8.85. The molecule has 1 spiro atoms. The number of nitrogens with zero attached hydrogens (tertiary/aromatic N) is 2. The highest BCUT2D eigenvalue weighted by atomic mass is 32.2. The number of benzene rings is 1. The maximum atomic E-state index is 14.8. The Morgan fingerprint density at radius 3 is 2.56 bits per heavy atom. The molecule has 3 aliphatic heterocycles. The first-order chi connectivity index (χ1) is 18.7. The van der Waals surface area contributed by atoms with Crippen LogP contribution in [0.4, 0.5) is 5.69 Å². The predicted molar refractivity (Wildman–Crippen MR) is 156 cm³/mol. The smallest absolute Gasteiger partial charge is 0.310 e. The van der Waals surface area contributed by atoms with Crippen molar-refractivity contribution in [2.75, 3.05) is 24.7 Å². The van der Waals surface area contributed by atoms with Crippen molar-refractivity contribution in [3.8, 4) is 0 Å². The van der Waals surface area contributed by atoms with E-state index in [2.05, 4.69) is 20.1 Å². The number of aliphatic hydroxyl groups is 1. The van der Waals surface area contributed by atoms with E-state index < -0.39 is 28.7 Å². The fourth-order valence-electron chi connectivity index (χ4n) is 7.11. The molecule has 3 fully saturated rings. The fourth-order valence-corrected chi connectivity index (χ4v) is 9.50. The number of fused-ring (bicyclic) bond motifs is 1. The first-order valence-electron chi connectivity index (χ1n) is 14.1. The minimum absolute atomic E-state index is 0.0324.